The predicted octanol–water partition coefficient (Wildman–Crippen LogP) is -1.28. The molecule has 0 spiro atoms. The van der Waals surface area contributed by atoms with Gasteiger partial charge in [-0.05, 0) is 0 Å². The molecular weight excluding hydrogens is 144 g/mol. The van der Waals surface area contributed by atoms with Crippen LogP contribution in [0.5, 0.6) is 0 Å². The van der Waals surface area contributed by atoms with Crippen molar-refractivity contribution in [3.05, 3.63) is 0 Å². The second-order valence-electron chi connectivity index (χ2n) is 0.100. The Morgan fingerprint density at radius 2 is 1.75 bits per heavy atom. The standard InChI is InChI=1S/CHNSe.K.H/c2-1-3;;/h3H;;. The second kappa shape index (κ2) is 8.82. The topological polar surface area (TPSA) is 23.8 Å². The van der Waals surface area contributed by atoms with Crippen LogP contribution in [-0.4, -0.2) is 67.4 Å². The number of nitrogens with zero attached hydrogens (tertiary/aromatic N) is 1. The normalized spacial score (nSPS) is 2.00. The minimum absolute atomic E-state index is 0. The summed E-state index contributed by atoms with van der Waals surface area (Å²) >= 11 is 1.77. The molecule has 0 aromatic carbocycles. The minimum atomic E-state index is 0. The van der Waals surface area contributed by atoms with Crippen LogP contribution in [0.1, 0.15) is 0 Å². The second-order valence-corrected chi connectivity index (χ2v) is 0.520. The summed E-state index contributed by atoms with van der Waals surface area (Å²) < 4.78 is 0. The third-order valence-electron chi connectivity index (χ3n) is 0. The maximum atomic E-state index is 7.29. The van der Waals surface area contributed by atoms with Gasteiger partial charge >= 0.3 is 77.6 Å². The van der Waals surface area contributed by atoms with E-state index in [1.54, 1.807) is 21.0 Å². The molecule has 18 valence electrons. The molecule has 0 aliphatic carbocycles. The summed E-state index contributed by atoms with van der Waals surface area (Å²) in [6.45, 7) is 0. The fourth-order valence-corrected chi connectivity index (χ4v) is 0. The van der Waals surface area contributed by atoms with Crippen molar-refractivity contribution in [2.24, 2.45) is 0 Å². The summed E-state index contributed by atoms with van der Waals surface area (Å²) in [4.78, 5) is 1.69. The van der Waals surface area contributed by atoms with Crippen LogP contribution in [0.2, 0.25) is 0 Å². The van der Waals surface area contributed by atoms with Crippen molar-refractivity contribution in [2.45, 2.75) is 0 Å². The Morgan fingerprint density at radius 1 is 1.75 bits per heavy atom. The van der Waals surface area contributed by atoms with Crippen LogP contribution in [0, 0.1) is 10.2 Å². The molecule has 0 aliphatic rings. The van der Waals surface area contributed by atoms with Gasteiger partial charge in [0.05, 0.1) is 0 Å². The van der Waals surface area contributed by atoms with Gasteiger partial charge in [0.15, 0.2) is 0 Å². The first-order chi connectivity index (χ1) is 1.41. The molecule has 0 atom stereocenters. The van der Waals surface area contributed by atoms with Gasteiger partial charge in [-0.15, -0.1) is 0 Å². The molecule has 0 saturated carbocycles. The predicted molar refractivity (Wildman–Crippen MR) is 19.9 cm³/mol. The molecule has 0 radical (unpaired) electrons. The first-order valence-corrected chi connectivity index (χ1v) is 1.39. The van der Waals surface area contributed by atoms with Crippen molar-refractivity contribution in [2.75, 3.05) is 0 Å². The van der Waals surface area contributed by atoms with E-state index < -0.39 is 0 Å². The van der Waals surface area contributed by atoms with E-state index in [0.717, 1.165) is 0 Å². The van der Waals surface area contributed by atoms with Gasteiger partial charge in [-0.25, -0.2) is 0 Å². The first kappa shape index (κ1) is 9.17. The van der Waals surface area contributed by atoms with Gasteiger partial charge < -0.3 is 0 Å². The Kier molecular flexibility index (Phi) is 20.2. The molecule has 0 aromatic heterocycles. The van der Waals surface area contributed by atoms with Crippen molar-refractivity contribution >= 4 is 67.4 Å². The summed E-state index contributed by atoms with van der Waals surface area (Å²) in [5, 5.41) is 7.29. The van der Waals surface area contributed by atoms with Crippen LogP contribution >= 0.6 is 0 Å². The van der Waals surface area contributed by atoms with E-state index in [2.05, 4.69) is 0 Å². The Labute approximate surface area is 76.0 Å². The monoisotopic (exact) mass is 147 g/mol. The fourth-order valence-electron chi connectivity index (χ4n) is 0. The van der Waals surface area contributed by atoms with Crippen LogP contribution in [-0.2, 0) is 0 Å². The third-order valence-corrected chi connectivity index (χ3v) is 0. The van der Waals surface area contributed by atoms with Crippen LogP contribution in [0.25, 0.3) is 0 Å². The molecule has 0 amide bonds. The van der Waals surface area contributed by atoms with Crippen LogP contribution in [0.4, 0.5) is 0 Å². The molecule has 0 aliphatic heterocycles. The van der Waals surface area contributed by atoms with Gasteiger partial charge in [0.2, 0.25) is 0 Å². The Hall–Kier alpha value is 1.65. The molecule has 0 heterocycles. The zero-order valence-corrected chi connectivity index (χ0v) is 3.27. The molecule has 0 rings (SSSR count). The Balaban J connectivity index is 0. The summed E-state index contributed by atoms with van der Waals surface area (Å²) in [5.74, 6) is 0. The van der Waals surface area contributed by atoms with Crippen molar-refractivity contribution < 1.29 is 0 Å². The van der Waals surface area contributed by atoms with Gasteiger partial charge in [0.25, 0.3) is 0 Å². The van der Waals surface area contributed by atoms with Gasteiger partial charge in [-0.3, -0.25) is 0 Å². The van der Waals surface area contributed by atoms with Crippen LogP contribution < -0.4 is 0 Å². The fraction of sp³-hybridized carbons (Fsp3) is 0. The molecule has 0 saturated heterocycles. The molecule has 3 heteroatoms. The van der Waals surface area contributed by atoms with Crippen molar-refractivity contribution in [3.8, 4) is 4.97 Å². The van der Waals surface area contributed by atoms with Gasteiger partial charge in [-0.1, -0.05) is 0 Å². The number of hydrogen-bond donors (Lipinski definition) is 0. The van der Waals surface area contributed by atoms with E-state index in [9.17, 15) is 0 Å². The number of nitriles is 1. The maximum absolute atomic E-state index is 7.29. The summed E-state index contributed by atoms with van der Waals surface area (Å²) in [6, 6.07) is 0. The van der Waals surface area contributed by atoms with Crippen LogP contribution in [0.15, 0.2) is 0 Å². The van der Waals surface area contributed by atoms with Gasteiger partial charge in [-0.2, -0.15) is 0 Å². The van der Waals surface area contributed by atoms with E-state index in [-0.39, 0.29) is 51.4 Å². The van der Waals surface area contributed by atoms with E-state index in [0.29, 0.717) is 0 Å². The molecule has 0 N–H and O–H groups in total. The average molecular weight is 146 g/mol. The zero-order chi connectivity index (χ0) is 2.71. The summed E-state index contributed by atoms with van der Waals surface area (Å²) in [5.41, 5.74) is 0. The SMILES string of the molecule is N#C[SeH].[KH]. The summed E-state index contributed by atoms with van der Waals surface area (Å²) in [7, 11) is 0. The third kappa shape index (κ3) is 9.42. The molecular formula is CH2KNSe. The molecule has 0 fully saturated rings. The van der Waals surface area contributed by atoms with Crippen molar-refractivity contribution in [1.82, 2.24) is 0 Å². The van der Waals surface area contributed by atoms with E-state index in [4.69, 9.17) is 5.26 Å². The quantitative estimate of drug-likeness (QED) is 0.390. The molecule has 4 heavy (non-hydrogen) atoms. The Morgan fingerprint density at radius 3 is 1.75 bits per heavy atom. The number of rotatable bonds is 0. The van der Waals surface area contributed by atoms with E-state index in [1.807, 2.05) is 0 Å². The summed E-state index contributed by atoms with van der Waals surface area (Å²) in [6.07, 6.45) is 0. The number of hydrogen-bond acceptors (Lipinski definition) is 1. The van der Waals surface area contributed by atoms with Gasteiger partial charge in [0.1, 0.15) is 0 Å². The van der Waals surface area contributed by atoms with Gasteiger partial charge in [0, 0.05) is 0 Å². The van der Waals surface area contributed by atoms with Crippen LogP contribution in [0.3, 0.4) is 0 Å². The molecule has 0 bridgehead atoms. The average Bonchev–Trinajstić information content (AvgIpc) is 0.918. The Bertz CT molecular complexity index is 29.5. The zero-order valence-electron chi connectivity index (χ0n) is 1.39. The molecule has 0 unspecified atom stereocenters. The van der Waals surface area contributed by atoms with E-state index >= 15 is 0 Å². The van der Waals surface area contributed by atoms with Crippen molar-refractivity contribution in [1.29, 1.82) is 5.26 Å². The molecule has 0 aromatic rings. The van der Waals surface area contributed by atoms with E-state index in [1.165, 1.54) is 0 Å². The molecule has 1 nitrogen and oxygen atoms in total. The van der Waals surface area contributed by atoms with Crippen molar-refractivity contribution in [3.63, 3.8) is 0 Å². The first-order valence-electron chi connectivity index (χ1n) is 0.447.